The molecule has 86 valence electrons. The molecule has 2 nitrogen and oxygen atoms in total. The van der Waals surface area contributed by atoms with Crippen molar-refractivity contribution in [2.45, 2.75) is 25.2 Å². The van der Waals surface area contributed by atoms with Gasteiger partial charge in [0.15, 0.2) is 0 Å². The molecule has 0 amide bonds. The Morgan fingerprint density at radius 2 is 2.00 bits per heavy atom. The highest BCUT2D eigenvalue weighted by Crippen LogP contribution is 2.38. The van der Waals surface area contributed by atoms with Crippen molar-refractivity contribution >= 4 is 5.69 Å². The zero-order valence-corrected chi connectivity index (χ0v) is 9.71. The first kappa shape index (κ1) is 10.2. The molecule has 0 radical (unpaired) electrons. The summed E-state index contributed by atoms with van der Waals surface area (Å²) in [5.41, 5.74) is 2.91. The molecule has 0 aromatic heterocycles. The molecular weight excluding hydrogens is 196 g/mol. The summed E-state index contributed by atoms with van der Waals surface area (Å²) in [6, 6.07) is 8.83. The minimum atomic E-state index is 0.769. The van der Waals surface area contributed by atoms with Crippen LogP contribution in [0.1, 0.15) is 30.7 Å². The number of hydrogen-bond donors (Lipinski definition) is 2. The number of rotatable bonds is 1. The largest absolute Gasteiger partial charge is 0.385 e. The van der Waals surface area contributed by atoms with Crippen LogP contribution in [0.2, 0.25) is 0 Å². The first-order chi connectivity index (χ1) is 7.95. The Labute approximate surface area is 97.4 Å². The van der Waals surface area contributed by atoms with E-state index in [1.807, 2.05) is 0 Å². The van der Waals surface area contributed by atoms with Gasteiger partial charge in [0, 0.05) is 12.2 Å². The summed E-state index contributed by atoms with van der Waals surface area (Å²) in [6.45, 7) is 3.56. The summed E-state index contributed by atoms with van der Waals surface area (Å²) in [6.07, 6.45) is 4.03. The summed E-state index contributed by atoms with van der Waals surface area (Å²) >= 11 is 0. The van der Waals surface area contributed by atoms with Crippen LogP contribution in [0.15, 0.2) is 24.3 Å². The lowest BCUT2D eigenvalue weighted by Crippen LogP contribution is -2.35. The molecule has 3 rings (SSSR count). The zero-order valence-electron chi connectivity index (χ0n) is 9.71. The molecule has 16 heavy (non-hydrogen) atoms. The standard InChI is InChI=1S/C14H20N2/c1-2-6-14-13(5-1)12(7-9-16-14)11-4-3-8-15-10-11/h1-2,5-6,11-12,15-16H,3-4,7-10H2. The molecule has 2 heteroatoms. The van der Waals surface area contributed by atoms with Gasteiger partial charge in [0.25, 0.3) is 0 Å². The quantitative estimate of drug-likeness (QED) is 0.754. The van der Waals surface area contributed by atoms with E-state index in [0.29, 0.717) is 0 Å². The Balaban J connectivity index is 1.86. The molecule has 1 aromatic carbocycles. The highest BCUT2D eigenvalue weighted by atomic mass is 14.9. The molecule has 0 aliphatic carbocycles. The maximum Gasteiger partial charge on any atom is 0.0375 e. The fourth-order valence-electron chi connectivity index (χ4n) is 3.21. The minimum Gasteiger partial charge on any atom is -0.385 e. The maximum atomic E-state index is 3.54. The van der Waals surface area contributed by atoms with Gasteiger partial charge in [-0.05, 0) is 55.8 Å². The molecule has 2 heterocycles. The Bertz CT molecular complexity index is 356. The van der Waals surface area contributed by atoms with E-state index < -0.39 is 0 Å². The average molecular weight is 216 g/mol. The topological polar surface area (TPSA) is 24.1 Å². The van der Waals surface area contributed by atoms with Gasteiger partial charge in [-0.3, -0.25) is 0 Å². The van der Waals surface area contributed by atoms with Crippen molar-refractivity contribution in [3.05, 3.63) is 29.8 Å². The molecule has 1 fully saturated rings. The predicted molar refractivity (Wildman–Crippen MR) is 67.9 cm³/mol. The molecule has 0 saturated carbocycles. The normalized spacial score (nSPS) is 29.2. The van der Waals surface area contributed by atoms with Gasteiger partial charge in [-0.2, -0.15) is 0 Å². The number of hydrogen-bond acceptors (Lipinski definition) is 2. The first-order valence-corrected chi connectivity index (χ1v) is 6.48. The molecule has 2 N–H and O–H groups in total. The summed E-state index contributed by atoms with van der Waals surface area (Å²) in [7, 11) is 0. The summed E-state index contributed by atoms with van der Waals surface area (Å²) in [4.78, 5) is 0. The van der Waals surface area contributed by atoms with Crippen LogP contribution in [0.25, 0.3) is 0 Å². The van der Waals surface area contributed by atoms with E-state index in [4.69, 9.17) is 0 Å². The Morgan fingerprint density at radius 3 is 2.88 bits per heavy atom. The monoisotopic (exact) mass is 216 g/mol. The number of fused-ring (bicyclic) bond motifs is 1. The van der Waals surface area contributed by atoms with Crippen LogP contribution in [0, 0.1) is 5.92 Å². The van der Waals surface area contributed by atoms with Crippen LogP contribution in [-0.4, -0.2) is 19.6 Å². The molecular formula is C14H20N2. The van der Waals surface area contributed by atoms with Crippen molar-refractivity contribution < 1.29 is 0 Å². The third-order valence-corrected chi connectivity index (χ3v) is 4.04. The SMILES string of the molecule is c1ccc2c(c1)NCCC2C1CCCNC1. The van der Waals surface area contributed by atoms with Crippen molar-refractivity contribution in [1.29, 1.82) is 0 Å². The fraction of sp³-hybridized carbons (Fsp3) is 0.571. The van der Waals surface area contributed by atoms with Gasteiger partial charge in [0.05, 0.1) is 0 Å². The van der Waals surface area contributed by atoms with Crippen molar-refractivity contribution in [3.63, 3.8) is 0 Å². The highest BCUT2D eigenvalue weighted by Gasteiger charge is 2.28. The zero-order chi connectivity index (χ0) is 10.8. The van der Waals surface area contributed by atoms with E-state index in [2.05, 4.69) is 34.9 Å². The van der Waals surface area contributed by atoms with Crippen LogP contribution in [0.3, 0.4) is 0 Å². The third-order valence-electron chi connectivity index (χ3n) is 4.04. The van der Waals surface area contributed by atoms with Crippen molar-refractivity contribution in [1.82, 2.24) is 5.32 Å². The smallest absolute Gasteiger partial charge is 0.0375 e. The number of anilines is 1. The van der Waals surface area contributed by atoms with Gasteiger partial charge in [0.2, 0.25) is 0 Å². The van der Waals surface area contributed by atoms with Crippen molar-refractivity contribution in [2.75, 3.05) is 25.0 Å². The second kappa shape index (κ2) is 4.46. The van der Waals surface area contributed by atoms with Gasteiger partial charge in [-0.25, -0.2) is 0 Å². The molecule has 2 atom stereocenters. The molecule has 2 unspecified atom stereocenters. The number of para-hydroxylation sites is 1. The number of piperidine rings is 1. The lowest BCUT2D eigenvalue weighted by molar-refractivity contribution is 0.312. The van der Waals surface area contributed by atoms with Crippen LogP contribution in [-0.2, 0) is 0 Å². The summed E-state index contributed by atoms with van der Waals surface area (Å²) in [5, 5.41) is 7.05. The van der Waals surface area contributed by atoms with Gasteiger partial charge in [-0.15, -0.1) is 0 Å². The van der Waals surface area contributed by atoms with E-state index in [9.17, 15) is 0 Å². The van der Waals surface area contributed by atoms with Crippen LogP contribution >= 0.6 is 0 Å². The van der Waals surface area contributed by atoms with Crippen LogP contribution in [0.4, 0.5) is 5.69 Å². The lowest BCUT2D eigenvalue weighted by atomic mass is 9.77. The van der Waals surface area contributed by atoms with E-state index in [-0.39, 0.29) is 0 Å². The fourth-order valence-corrected chi connectivity index (χ4v) is 3.21. The van der Waals surface area contributed by atoms with Crippen LogP contribution in [0.5, 0.6) is 0 Å². The van der Waals surface area contributed by atoms with Gasteiger partial charge >= 0.3 is 0 Å². The van der Waals surface area contributed by atoms with Gasteiger partial charge in [-0.1, -0.05) is 18.2 Å². The lowest BCUT2D eigenvalue weighted by Gasteiger charge is -2.35. The Hall–Kier alpha value is -1.02. The molecule has 2 aliphatic rings. The van der Waals surface area contributed by atoms with E-state index in [1.54, 1.807) is 5.56 Å². The minimum absolute atomic E-state index is 0.769. The molecule has 2 aliphatic heterocycles. The average Bonchev–Trinajstić information content (AvgIpc) is 2.39. The second-order valence-corrected chi connectivity index (χ2v) is 5.02. The summed E-state index contributed by atoms with van der Waals surface area (Å²) < 4.78 is 0. The van der Waals surface area contributed by atoms with E-state index >= 15 is 0 Å². The predicted octanol–water partition coefficient (Wildman–Crippen LogP) is 2.59. The van der Waals surface area contributed by atoms with Gasteiger partial charge in [0.1, 0.15) is 0 Å². The number of benzene rings is 1. The van der Waals surface area contributed by atoms with Crippen molar-refractivity contribution in [2.24, 2.45) is 5.92 Å². The summed E-state index contributed by atoms with van der Waals surface area (Å²) in [5.74, 6) is 1.61. The molecule has 0 bridgehead atoms. The molecule has 1 saturated heterocycles. The maximum absolute atomic E-state index is 3.54. The Kier molecular flexibility index (Phi) is 2.83. The van der Waals surface area contributed by atoms with E-state index in [1.165, 1.54) is 38.0 Å². The van der Waals surface area contributed by atoms with Gasteiger partial charge < -0.3 is 10.6 Å². The first-order valence-electron chi connectivity index (χ1n) is 6.48. The highest BCUT2D eigenvalue weighted by molar-refractivity contribution is 5.54. The Morgan fingerprint density at radius 1 is 1.06 bits per heavy atom. The number of nitrogens with one attached hydrogen (secondary N) is 2. The van der Waals surface area contributed by atoms with Crippen LogP contribution < -0.4 is 10.6 Å². The van der Waals surface area contributed by atoms with Crippen molar-refractivity contribution in [3.8, 4) is 0 Å². The molecule has 0 spiro atoms. The second-order valence-electron chi connectivity index (χ2n) is 5.02. The van der Waals surface area contributed by atoms with E-state index in [0.717, 1.165) is 18.4 Å². The third kappa shape index (κ3) is 1.82. The molecule has 1 aromatic rings.